The van der Waals surface area contributed by atoms with Gasteiger partial charge in [-0.3, -0.25) is 0 Å². The highest BCUT2D eigenvalue weighted by Crippen LogP contribution is 2.39. The van der Waals surface area contributed by atoms with E-state index in [9.17, 15) is 0 Å². The molecule has 1 saturated carbocycles. The van der Waals surface area contributed by atoms with Crippen molar-refractivity contribution >= 4 is 0 Å². The van der Waals surface area contributed by atoms with Crippen LogP contribution in [0.15, 0.2) is 48.1 Å². The third kappa shape index (κ3) is 1.08. The van der Waals surface area contributed by atoms with Crippen molar-refractivity contribution in [2.75, 3.05) is 0 Å². The average molecular weight is 158 g/mol. The first-order valence-electron chi connectivity index (χ1n) is 4.53. The Hall–Kier alpha value is -1.04. The molecule has 0 heteroatoms. The smallest absolute Gasteiger partial charge is 0.0118 e. The van der Waals surface area contributed by atoms with Crippen LogP contribution in [0, 0.1) is 5.92 Å². The quantitative estimate of drug-likeness (QED) is 0.507. The van der Waals surface area contributed by atoms with Gasteiger partial charge in [0.15, 0.2) is 0 Å². The van der Waals surface area contributed by atoms with Crippen LogP contribution in [0.3, 0.4) is 0 Å². The van der Waals surface area contributed by atoms with E-state index in [2.05, 4.69) is 31.4 Å². The van der Waals surface area contributed by atoms with Crippen molar-refractivity contribution in [2.24, 2.45) is 5.92 Å². The molecule has 0 aromatic carbocycles. The summed E-state index contributed by atoms with van der Waals surface area (Å²) in [5.41, 5.74) is 3.84. The zero-order valence-electron chi connectivity index (χ0n) is 7.34. The number of allylic oxidation sites excluding steroid dienone is 6. The van der Waals surface area contributed by atoms with Crippen LogP contribution in [-0.2, 0) is 0 Å². The van der Waals surface area contributed by atoms with Crippen LogP contribution >= 0.6 is 0 Å². The van der Waals surface area contributed by atoms with Gasteiger partial charge in [-0.1, -0.05) is 31.4 Å². The van der Waals surface area contributed by atoms with Crippen molar-refractivity contribution in [1.29, 1.82) is 0 Å². The monoisotopic (exact) mass is 158 g/mol. The normalized spacial score (nSPS) is 28.3. The van der Waals surface area contributed by atoms with E-state index in [4.69, 9.17) is 0 Å². The molecule has 0 aromatic heterocycles. The Bertz CT molecular complexity index is 289. The first-order valence-corrected chi connectivity index (χ1v) is 4.53. The predicted molar refractivity (Wildman–Crippen MR) is 52.8 cm³/mol. The maximum atomic E-state index is 4.08. The van der Waals surface area contributed by atoms with Gasteiger partial charge in [-0.05, 0) is 41.9 Å². The Morgan fingerprint density at radius 3 is 3.00 bits per heavy atom. The van der Waals surface area contributed by atoms with E-state index < -0.39 is 0 Å². The van der Waals surface area contributed by atoms with Gasteiger partial charge >= 0.3 is 0 Å². The molecular weight excluding hydrogens is 144 g/mol. The molecule has 2 aliphatic rings. The fraction of sp³-hybridized carbons (Fsp3) is 0.333. The summed E-state index contributed by atoms with van der Waals surface area (Å²) >= 11 is 0. The SMILES string of the molecule is C=C1CCC2CC=CC=C2C1=C. The summed E-state index contributed by atoms with van der Waals surface area (Å²) in [6.07, 6.45) is 10.2. The summed E-state index contributed by atoms with van der Waals surface area (Å²) in [4.78, 5) is 0. The topological polar surface area (TPSA) is 0 Å². The lowest BCUT2D eigenvalue weighted by atomic mass is 9.75. The standard InChI is InChI=1S/C12H14/c1-9-7-8-11-5-3-4-6-12(11)10(9)2/h3-4,6,11H,1-2,5,7-8H2. The van der Waals surface area contributed by atoms with E-state index in [0.29, 0.717) is 0 Å². The highest BCUT2D eigenvalue weighted by atomic mass is 14.3. The predicted octanol–water partition coefficient (Wildman–Crippen LogP) is 3.40. The van der Waals surface area contributed by atoms with Gasteiger partial charge in [0.05, 0.1) is 0 Å². The molecule has 12 heavy (non-hydrogen) atoms. The van der Waals surface area contributed by atoms with Crippen LogP contribution in [0.25, 0.3) is 0 Å². The molecule has 0 radical (unpaired) electrons. The Morgan fingerprint density at radius 1 is 1.33 bits per heavy atom. The third-order valence-electron chi connectivity index (χ3n) is 2.84. The number of fused-ring (bicyclic) bond motifs is 1. The van der Waals surface area contributed by atoms with Crippen LogP contribution in [0.4, 0.5) is 0 Å². The molecule has 0 N–H and O–H groups in total. The molecule has 0 bridgehead atoms. The van der Waals surface area contributed by atoms with Crippen molar-refractivity contribution in [3.05, 3.63) is 48.1 Å². The zero-order chi connectivity index (χ0) is 8.55. The number of hydrogen-bond donors (Lipinski definition) is 0. The van der Waals surface area contributed by atoms with Crippen LogP contribution in [-0.4, -0.2) is 0 Å². The summed E-state index contributed by atoms with van der Waals surface area (Å²) in [5, 5.41) is 0. The molecule has 1 fully saturated rings. The van der Waals surface area contributed by atoms with E-state index in [1.807, 2.05) is 0 Å². The van der Waals surface area contributed by atoms with Crippen LogP contribution in [0.5, 0.6) is 0 Å². The molecule has 0 nitrogen and oxygen atoms in total. The summed E-state index contributed by atoms with van der Waals surface area (Å²) in [7, 11) is 0. The lowest BCUT2D eigenvalue weighted by molar-refractivity contribution is 0.545. The highest BCUT2D eigenvalue weighted by Gasteiger charge is 2.23. The molecule has 1 unspecified atom stereocenters. The second-order valence-electron chi connectivity index (χ2n) is 3.60. The summed E-state index contributed by atoms with van der Waals surface area (Å²) in [5.74, 6) is 0.730. The second-order valence-corrected chi connectivity index (χ2v) is 3.60. The van der Waals surface area contributed by atoms with Gasteiger partial charge in [-0.15, -0.1) is 0 Å². The molecule has 0 amide bonds. The minimum Gasteiger partial charge on any atom is -0.0952 e. The second kappa shape index (κ2) is 2.78. The van der Waals surface area contributed by atoms with Crippen molar-refractivity contribution in [3.63, 3.8) is 0 Å². The van der Waals surface area contributed by atoms with Crippen LogP contribution < -0.4 is 0 Å². The number of hydrogen-bond acceptors (Lipinski definition) is 0. The Morgan fingerprint density at radius 2 is 2.17 bits per heavy atom. The average Bonchev–Trinajstić information content (AvgIpc) is 2.12. The summed E-state index contributed by atoms with van der Waals surface area (Å²) in [6.45, 7) is 8.10. The van der Waals surface area contributed by atoms with Gasteiger partial charge in [-0.2, -0.15) is 0 Å². The van der Waals surface area contributed by atoms with E-state index in [-0.39, 0.29) is 0 Å². The first-order chi connectivity index (χ1) is 5.79. The molecule has 0 heterocycles. The molecule has 0 saturated heterocycles. The number of rotatable bonds is 0. The molecule has 2 aliphatic carbocycles. The maximum absolute atomic E-state index is 4.08. The van der Waals surface area contributed by atoms with Gasteiger partial charge < -0.3 is 0 Å². The van der Waals surface area contributed by atoms with Gasteiger partial charge in [-0.25, -0.2) is 0 Å². The van der Waals surface area contributed by atoms with E-state index in [0.717, 1.165) is 12.3 Å². The molecule has 62 valence electrons. The Kier molecular flexibility index (Phi) is 1.76. The van der Waals surface area contributed by atoms with Gasteiger partial charge in [0.2, 0.25) is 0 Å². The fourth-order valence-electron chi connectivity index (χ4n) is 2.00. The van der Waals surface area contributed by atoms with E-state index in [1.54, 1.807) is 0 Å². The zero-order valence-corrected chi connectivity index (χ0v) is 7.34. The summed E-state index contributed by atoms with van der Waals surface area (Å²) in [6, 6.07) is 0. The van der Waals surface area contributed by atoms with E-state index >= 15 is 0 Å². The van der Waals surface area contributed by atoms with Gasteiger partial charge in [0.25, 0.3) is 0 Å². The van der Waals surface area contributed by atoms with Crippen LogP contribution in [0.1, 0.15) is 19.3 Å². The van der Waals surface area contributed by atoms with Crippen molar-refractivity contribution < 1.29 is 0 Å². The Labute approximate surface area is 74.0 Å². The van der Waals surface area contributed by atoms with Crippen molar-refractivity contribution in [1.82, 2.24) is 0 Å². The highest BCUT2D eigenvalue weighted by molar-refractivity contribution is 5.49. The molecule has 1 atom stereocenters. The fourth-order valence-corrected chi connectivity index (χ4v) is 2.00. The Balaban J connectivity index is 2.33. The molecule has 0 aliphatic heterocycles. The molecule has 0 spiro atoms. The van der Waals surface area contributed by atoms with E-state index in [1.165, 1.54) is 29.6 Å². The van der Waals surface area contributed by atoms with Gasteiger partial charge in [0.1, 0.15) is 0 Å². The summed E-state index contributed by atoms with van der Waals surface area (Å²) < 4.78 is 0. The van der Waals surface area contributed by atoms with Gasteiger partial charge in [0, 0.05) is 0 Å². The molecule has 0 aromatic rings. The maximum Gasteiger partial charge on any atom is -0.0118 e. The third-order valence-corrected chi connectivity index (χ3v) is 2.84. The lowest BCUT2D eigenvalue weighted by Crippen LogP contribution is -2.14. The van der Waals surface area contributed by atoms with Crippen molar-refractivity contribution in [3.8, 4) is 0 Å². The van der Waals surface area contributed by atoms with Crippen LogP contribution in [0.2, 0.25) is 0 Å². The first kappa shape index (κ1) is 7.60. The largest absolute Gasteiger partial charge is 0.0952 e. The molecule has 2 rings (SSSR count). The van der Waals surface area contributed by atoms with Crippen molar-refractivity contribution in [2.45, 2.75) is 19.3 Å². The lowest BCUT2D eigenvalue weighted by Gasteiger charge is -2.29. The minimum absolute atomic E-state index is 0.730. The molecular formula is C12H14. The minimum atomic E-state index is 0.730.